The van der Waals surface area contributed by atoms with Gasteiger partial charge in [-0.3, -0.25) is 0 Å². The monoisotopic (exact) mass is 391 g/mol. The van der Waals surface area contributed by atoms with Crippen LogP contribution in [0.5, 0.6) is 0 Å². The lowest BCUT2D eigenvalue weighted by molar-refractivity contribution is 0.598. The zero-order valence-corrected chi connectivity index (χ0v) is 15.3. The van der Waals surface area contributed by atoms with Crippen LogP contribution in [0, 0.1) is 6.92 Å². The summed E-state index contributed by atoms with van der Waals surface area (Å²) in [6, 6.07) is 7.96. The van der Waals surface area contributed by atoms with Gasteiger partial charge in [-0.15, -0.1) is 11.3 Å². The summed E-state index contributed by atoms with van der Waals surface area (Å²) in [6.45, 7) is 5.23. The van der Waals surface area contributed by atoms with Crippen molar-refractivity contribution in [2.45, 2.75) is 26.3 Å². The Balaban J connectivity index is 2.44. The molecule has 5 heteroatoms. The number of aryl methyl sites for hydroxylation is 1. The predicted molar refractivity (Wildman–Crippen MR) is 93.4 cm³/mol. The quantitative estimate of drug-likeness (QED) is 0.637. The van der Waals surface area contributed by atoms with Crippen molar-refractivity contribution in [1.82, 2.24) is 5.32 Å². The topological polar surface area (TPSA) is 12.0 Å². The molecule has 0 fully saturated rings. The average Bonchev–Trinajstić information content (AvgIpc) is 2.71. The van der Waals surface area contributed by atoms with Crippen molar-refractivity contribution in [2.24, 2.45) is 0 Å². The molecule has 1 unspecified atom stereocenters. The van der Waals surface area contributed by atoms with Gasteiger partial charge in [0.25, 0.3) is 0 Å². The molecule has 108 valence electrons. The van der Waals surface area contributed by atoms with Crippen LogP contribution in [-0.2, 0) is 0 Å². The molecule has 20 heavy (non-hydrogen) atoms. The normalized spacial score (nSPS) is 12.7. The first kappa shape index (κ1) is 16.3. The van der Waals surface area contributed by atoms with Crippen molar-refractivity contribution in [3.63, 3.8) is 0 Å². The van der Waals surface area contributed by atoms with E-state index in [0.717, 1.165) is 22.3 Å². The van der Waals surface area contributed by atoms with Crippen molar-refractivity contribution in [3.8, 4) is 0 Å². The van der Waals surface area contributed by atoms with Gasteiger partial charge >= 0.3 is 0 Å². The summed E-state index contributed by atoms with van der Waals surface area (Å²) in [7, 11) is 0. The Labute approximate surface area is 142 Å². The molecule has 2 aromatic rings. The molecule has 1 heterocycles. The fourth-order valence-corrected chi connectivity index (χ4v) is 4.42. The van der Waals surface area contributed by atoms with Gasteiger partial charge in [0.2, 0.25) is 0 Å². The Bertz CT molecular complexity index is 598. The number of nitrogens with one attached hydrogen (secondary N) is 1. The highest BCUT2D eigenvalue weighted by Gasteiger charge is 2.20. The third-order valence-corrected chi connectivity index (χ3v) is 5.24. The first-order valence-corrected chi connectivity index (χ1v) is 8.83. The van der Waals surface area contributed by atoms with E-state index in [4.69, 9.17) is 23.2 Å². The number of hydrogen-bond donors (Lipinski definition) is 1. The van der Waals surface area contributed by atoms with Gasteiger partial charge in [0.05, 0.1) is 9.83 Å². The van der Waals surface area contributed by atoms with E-state index < -0.39 is 0 Å². The minimum absolute atomic E-state index is 0.0993. The van der Waals surface area contributed by atoms with Crippen molar-refractivity contribution < 1.29 is 0 Å². The summed E-state index contributed by atoms with van der Waals surface area (Å²) in [6.07, 6.45) is 1.08. The van der Waals surface area contributed by atoms with E-state index in [1.54, 1.807) is 17.4 Å². The fourth-order valence-electron chi connectivity index (χ4n) is 2.16. The largest absolute Gasteiger partial charge is 0.306 e. The predicted octanol–water partition coefficient (Wildman–Crippen LogP) is 6.21. The molecule has 0 saturated heterocycles. The number of halogens is 3. The second-order valence-corrected chi connectivity index (χ2v) is 8.09. The summed E-state index contributed by atoms with van der Waals surface area (Å²) in [4.78, 5) is 1.29. The van der Waals surface area contributed by atoms with E-state index in [2.05, 4.69) is 41.2 Å². The lowest BCUT2D eigenvalue weighted by Crippen LogP contribution is -2.23. The molecule has 0 spiro atoms. The molecule has 0 saturated carbocycles. The van der Waals surface area contributed by atoms with Gasteiger partial charge in [-0.05, 0) is 65.1 Å². The Hall–Kier alpha value is -0.0600. The minimum Gasteiger partial charge on any atom is -0.306 e. The fraction of sp³-hybridized carbons (Fsp3) is 0.333. The Morgan fingerprint density at radius 1 is 1.25 bits per heavy atom. The Morgan fingerprint density at radius 3 is 2.55 bits per heavy atom. The van der Waals surface area contributed by atoms with E-state index in [0.29, 0.717) is 10.0 Å². The highest BCUT2D eigenvalue weighted by Crippen LogP contribution is 2.36. The van der Waals surface area contributed by atoms with Crippen LogP contribution in [0.1, 0.15) is 35.4 Å². The van der Waals surface area contributed by atoms with Crippen LogP contribution in [0.15, 0.2) is 28.1 Å². The standard InChI is InChI=1S/C15H16BrCl2NS/c1-3-6-19-15(12-8-14(16)20-9(12)2)11-5-4-10(17)7-13(11)18/h4-5,7-8,15,19H,3,6H2,1-2H3. The maximum atomic E-state index is 6.38. The van der Waals surface area contributed by atoms with Gasteiger partial charge in [-0.25, -0.2) is 0 Å². The molecular formula is C15H16BrCl2NS. The molecule has 0 bridgehead atoms. The van der Waals surface area contributed by atoms with Crippen molar-refractivity contribution in [3.05, 3.63) is 54.1 Å². The van der Waals surface area contributed by atoms with Gasteiger partial charge in [0.1, 0.15) is 0 Å². The van der Waals surface area contributed by atoms with Crippen LogP contribution in [0.25, 0.3) is 0 Å². The lowest BCUT2D eigenvalue weighted by atomic mass is 9.99. The molecule has 0 radical (unpaired) electrons. The van der Waals surface area contributed by atoms with E-state index >= 15 is 0 Å². The number of hydrogen-bond acceptors (Lipinski definition) is 2. The van der Waals surface area contributed by atoms with Crippen LogP contribution in [0.3, 0.4) is 0 Å². The van der Waals surface area contributed by atoms with Crippen molar-refractivity contribution in [1.29, 1.82) is 0 Å². The summed E-state index contributed by atoms with van der Waals surface area (Å²) < 4.78 is 1.14. The molecule has 1 atom stereocenters. The van der Waals surface area contributed by atoms with Crippen LogP contribution in [-0.4, -0.2) is 6.54 Å². The zero-order chi connectivity index (χ0) is 14.7. The first-order chi connectivity index (χ1) is 9.52. The first-order valence-electron chi connectivity index (χ1n) is 6.47. The molecule has 1 N–H and O–H groups in total. The van der Waals surface area contributed by atoms with Gasteiger partial charge in [0.15, 0.2) is 0 Å². The smallest absolute Gasteiger partial charge is 0.0704 e. The third kappa shape index (κ3) is 3.77. The lowest BCUT2D eigenvalue weighted by Gasteiger charge is -2.20. The minimum atomic E-state index is 0.0993. The second-order valence-electron chi connectivity index (χ2n) is 4.62. The third-order valence-electron chi connectivity index (χ3n) is 3.11. The number of rotatable bonds is 5. The molecule has 2 rings (SSSR count). The SMILES string of the molecule is CCCNC(c1ccc(Cl)cc1Cl)c1cc(Br)sc1C. The zero-order valence-electron chi connectivity index (χ0n) is 11.3. The van der Waals surface area contributed by atoms with E-state index in [1.165, 1.54) is 10.4 Å². The second kappa shape index (κ2) is 7.28. The Kier molecular flexibility index (Phi) is 5.94. The Morgan fingerprint density at radius 2 is 2.00 bits per heavy atom. The molecule has 1 nitrogen and oxygen atoms in total. The van der Waals surface area contributed by atoms with Gasteiger partial charge in [-0.1, -0.05) is 36.2 Å². The van der Waals surface area contributed by atoms with Crippen LogP contribution < -0.4 is 5.32 Å². The molecular weight excluding hydrogens is 377 g/mol. The highest BCUT2D eigenvalue weighted by atomic mass is 79.9. The summed E-state index contributed by atoms with van der Waals surface area (Å²) >= 11 is 17.7. The van der Waals surface area contributed by atoms with Gasteiger partial charge in [-0.2, -0.15) is 0 Å². The average molecular weight is 393 g/mol. The van der Waals surface area contributed by atoms with E-state index in [1.807, 2.05) is 12.1 Å². The van der Waals surface area contributed by atoms with Crippen molar-refractivity contribution >= 4 is 50.5 Å². The van der Waals surface area contributed by atoms with Gasteiger partial charge in [0, 0.05) is 14.9 Å². The van der Waals surface area contributed by atoms with E-state index in [-0.39, 0.29) is 6.04 Å². The molecule has 0 aliphatic carbocycles. The summed E-state index contributed by atoms with van der Waals surface area (Å²) in [5, 5.41) is 4.94. The highest BCUT2D eigenvalue weighted by molar-refractivity contribution is 9.11. The van der Waals surface area contributed by atoms with Crippen LogP contribution >= 0.6 is 50.5 Å². The summed E-state index contributed by atoms with van der Waals surface area (Å²) in [5.41, 5.74) is 2.33. The maximum Gasteiger partial charge on any atom is 0.0704 e. The molecule has 1 aromatic heterocycles. The number of thiophene rings is 1. The van der Waals surface area contributed by atoms with E-state index in [9.17, 15) is 0 Å². The van der Waals surface area contributed by atoms with Gasteiger partial charge < -0.3 is 5.32 Å². The summed E-state index contributed by atoms with van der Waals surface area (Å²) in [5.74, 6) is 0. The van der Waals surface area contributed by atoms with Crippen LogP contribution in [0.2, 0.25) is 10.0 Å². The van der Waals surface area contributed by atoms with Crippen molar-refractivity contribution in [2.75, 3.05) is 6.54 Å². The molecule has 1 aromatic carbocycles. The number of benzene rings is 1. The molecule has 0 aliphatic rings. The molecule has 0 aliphatic heterocycles. The molecule has 0 amide bonds. The maximum absolute atomic E-state index is 6.38. The van der Waals surface area contributed by atoms with Crippen LogP contribution in [0.4, 0.5) is 0 Å².